The van der Waals surface area contributed by atoms with Crippen molar-refractivity contribution < 1.29 is 14.6 Å². The van der Waals surface area contributed by atoms with E-state index in [4.69, 9.17) is 0 Å². The van der Waals surface area contributed by atoms with Crippen molar-refractivity contribution in [2.75, 3.05) is 7.11 Å². The Labute approximate surface area is 85.8 Å². The van der Waals surface area contributed by atoms with Crippen molar-refractivity contribution in [3.05, 3.63) is 12.2 Å². The van der Waals surface area contributed by atoms with E-state index >= 15 is 0 Å². The number of esters is 1. The molecule has 0 aliphatic heterocycles. The van der Waals surface area contributed by atoms with Crippen molar-refractivity contribution in [2.24, 2.45) is 5.92 Å². The molecule has 0 bridgehead atoms. The fourth-order valence-electron chi connectivity index (χ4n) is 1.16. The molecule has 0 fully saturated rings. The minimum absolute atomic E-state index is 0.192. The van der Waals surface area contributed by atoms with Gasteiger partial charge in [0.15, 0.2) is 0 Å². The van der Waals surface area contributed by atoms with Crippen LogP contribution in [0.5, 0.6) is 0 Å². The van der Waals surface area contributed by atoms with Gasteiger partial charge >= 0.3 is 5.97 Å². The Morgan fingerprint density at radius 3 is 2.50 bits per heavy atom. The Morgan fingerprint density at radius 1 is 1.50 bits per heavy atom. The van der Waals surface area contributed by atoms with Gasteiger partial charge in [-0.25, -0.2) is 0 Å². The van der Waals surface area contributed by atoms with Crippen LogP contribution in [0.15, 0.2) is 12.2 Å². The zero-order valence-corrected chi connectivity index (χ0v) is 9.25. The molecule has 0 radical (unpaired) electrons. The molecule has 0 saturated heterocycles. The van der Waals surface area contributed by atoms with Crippen LogP contribution in [0.1, 0.15) is 33.1 Å². The zero-order valence-electron chi connectivity index (χ0n) is 9.25. The summed E-state index contributed by atoms with van der Waals surface area (Å²) in [7, 11) is 1.39. The monoisotopic (exact) mass is 200 g/mol. The zero-order chi connectivity index (χ0) is 11.1. The molecule has 0 rings (SSSR count). The molecule has 2 atom stereocenters. The Balaban J connectivity index is 3.68. The molecule has 0 aromatic rings. The van der Waals surface area contributed by atoms with Crippen molar-refractivity contribution in [3.63, 3.8) is 0 Å². The van der Waals surface area contributed by atoms with Gasteiger partial charge in [0.2, 0.25) is 0 Å². The molecule has 0 saturated carbocycles. The third-order valence-electron chi connectivity index (χ3n) is 2.24. The molecule has 0 aromatic heterocycles. The number of aliphatic hydroxyl groups is 1. The summed E-state index contributed by atoms with van der Waals surface area (Å²) in [5.41, 5.74) is 0.773. The quantitative estimate of drug-likeness (QED) is 0.526. The van der Waals surface area contributed by atoms with E-state index in [0.717, 1.165) is 12.0 Å². The van der Waals surface area contributed by atoms with Crippen LogP contribution in [0.25, 0.3) is 0 Å². The lowest BCUT2D eigenvalue weighted by Crippen LogP contribution is -2.12. The molecule has 0 amide bonds. The average molecular weight is 200 g/mol. The number of aliphatic hydroxyl groups excluding tert-OH is 1. The first-order valence-corrected chi connectivity index (χ1v) is 4.87. The Kier molecular flexibility index (Phi) is 6.21. The summed E-state index contributed by atoms with van der Waals surface area (Å²) in [5, 5.41) is 9.45. The second-order valence-corrected chi connectivity index (χ2v) is 3.82. The lowest BCUT2D eigenvalue weighted by atomic mass is 9.97. The first kappa shape index (κ1) is 13.2. The lowest BCUT2D eigenvalue weighted by Gasteiger charge is -2.13. The van der Waals surface area contributed by atoms with Gasteiger partial charge in [0.1, 0.15) is 0 Å². The van der Waals surface area contributed by atoms with Gasteiger partial charge in [0.25, 0.3) is 0 Å². The van der Waals surface area contributed by atoms with Crippen molar-refractivity contribution >= 4 is 5.97 Å². The summed E-state index contributed by atoms with van der Waals surface area (Å²) in [6.07, 6.45) is 1.44. The number of hydrogen-bond acceptors (Lipinski definition) is 3. The van der Waals surface area contributed by atoms with Crippen LogP contribution in [-0.2, 0) is 9.53 Å². The van der Waals surface area contributed by atoms with Crippen LogP contribution in [0.3, 0.4) is 0 Å². The van der Waals surface area contributed by atoms with Crippen molar-refractivity contribution in [1.82, 2.24) is 0 Å². The molecule has 1 unspecified atom stereocenters. The summed E-state index contributed by atoms with van der Waals surface area (Å²) in [6.45, 7) is 7.44. The lowest BCUT2D eigenvalue weighted by molar-refractivity contribution is -0.141. The molecule has 3 heteroatoms. The number of carbonyl (C=O) groups is 1. The van der Waals surface area contributed by atoms with Gasteiger partial charge < -0.3 is 9.84 Å². The van der Waals surface area contributed by atoms with Gasteiger partial charge in [-0.1, -0.05) is 19.1 Å². The van der Waals surface area contributed by atoms with Gasteiger partial charge in [-0.2, -0.15) is 0 Å². The van der Waals surface area contributed by atoms with E-state index in [-0.39, 0.29) is 11.9 Å². The highest BCUT2D eigenvalue weighted by Crippen LogP contribution is 2.15. The smallest absolute Gasteiger partial charge is 0.305 e. The summed E-state index contributed by atoms with van der Waals surface area (Å²) < 4.78 is 4.56. The number of ether oxygens (including phenoxy) is 1. The summed E-state index contributed by atoms with van der Waals surface area (Å²) >= 11 is 0. The van der Waals surface area contributed by atoms with E-state index in [1.165, 1.54) is 7.11 Å². The maximum atomic E-state index is 10.9. The third-order valence-corrected chi connectivity index (χ3v) is 2.24. The first-order chi connectivity index (χ1) is 6.47. The van der Waals surface area contributed by atoms with E-state index in [2.05, 4.69) is 11.3 Å². The van der Waals surface area contributed by atoms with E-state index < -0.39 is 6.10 Å². The second kappa shape index (κ2) is 6.60. The van der Waals surface area contributed by atoms with E-state index in [1.54, 1.807) is 6.92 Å². The predicted molar refractivity (Wildman–Crippen MR) is 55.9 cm³/mol. The highest BCUT2D eigenvalue weighted by Gasteiger charge is 2.11. The molecule has 3 nitrogen and oxygen atoms in total. The fourth-order valence-corrected chi connectivity index (χ4v) is 1.16. The number of rotatable bonds is 6. The highest BCUT2D eigenvalue weighted by atomic mass is 16.5. The van der Waals surface area contributed by atoms with E-state index in [9.17, 15) is 9.90 Å². The van der Waals surface area contributed by atoms with Crippen LogP contribution < -0.4 is 0 Å². The van der Waals surface area contributed by atoms with Crippen molar-refractivity contribution in [1.29, 1.82) is 0 Å². The molecule has 82 valence electrons. The van der Waals surface area contributed by atoms with Crippen LogP contribution in [0.2, 0.25) is 0 Å². The van der Waals surface area contributed by atoms with Gasteiger partial charge in [-0.3, -0.25) is 4.79 Å². The van der Waals surface area contributed by atoms with Crippen LogP contribution in [0, 0.1) is 5.92 Å². The normalized spacial score (nSPS) is 14.6. The van der Waals surface area contributed by atoms with Crippen molar-refractivity contribution in [3.8, 4) is 0 Å². The minimum Gasteiger partial charge on any atom is -0.469 e. The molecule has 1 N–H and O–H groups in total. The third kappa shape index (κ3) is 5.75. The van der Waals surface area contributed by atoms with Gasteiger partial charge in [-0.05, 0) is 25.7 Å². The average Bonchev–Trinajstić information content (AvgIpc) is 2.13. The SMILES string of the molecule is C=C(C)C(O)CC[C@@H](C)CC(=O)OC. The van der Waals surface area contributed by atoms with Gasteiger partial charge in [-0.15, -0.1) is 0 Å². The highest BCUT2D eigenvalue weighted by molar-refractivity contribution is 5.69. The van der Waals surface area contributed by atoms with Gasteiger partial charge in [0, 0.05) is 6.42 Å². The largest absolute Gasteiger partial charge is 0.469 e. The fraction of sp³-hybridized carbons (Fsp3) is 0.727. The van der Waals surface area contributed by atoms with Crippen LogP contribution >= 0.6 is 0 Å². The number of hydrogen-bond donors (Lipinski definition) is 1. The standard InChI is InChI=1S/C11H20O3/c1-8(2)10(12)6-5-9(3)7-11(13)14-4/h9-10,12H,1,5-7H2,2-4H3/t9-,10?/m1/s1. The molecular weight excluding hydrogens is 180 g/mol. The van der Waals surface area contributed by atoms with Crippen LogP contribution in [-0.4, -0.2) is 24.3 Å². The molecule has 0 heterocycles. The minimum atomic E-state index is -0.449. The van der Waals surface area contributed by atoms with Crippen LogP contribution in [0.4, 0.5) is 0 Å². The molecule has 0 aliphatic carbocycles. The molecule has 0 spiro atoms. The van der Waals surface area contributed by atoms with Crippen molar-refractivity contribution in [2.45, 2.75) is 39.2 Å². The maximum absolute atomic E-state index is 10.9. The molecule has 0 aliphatic rings. The van der Waals surface area contributed by atoms with E-state index in [0.29, 0.717) is 12.8 Å². The Bertz CT molecular complexity index is 199. The summed E-state index contributed by atoms with van der Waals surface area (Å²) in [4.78, 5) is 10.9. The number of carbonyl (C=O) groups excluding carboxylic acids is 1. The molecular formula is C11H20O3. The van der Waals surface area contributed by atoms with Gasteiger partial charge in [0.05, 0.1) is 13.2 Å². The molecule has 14 heavy (non-hydrogen) atoms. The Morgan fingerprint density at radius 2 is 2.07 bits per heavy atom. The Hall–Kier alpha value is -0.830. The maximum Gasteiger partial charge on any atom is 0.305 e. The predicted octanol–water partition coefficient (Wildman–Crippen LogP) is 1.90. The van der Waals surface area contributed by atoms with E-state index in [1.807, 2.05) is 6.92 Å². The second-order valence-electron chi connectivity index (χ2n) is 3.82. The summed E-state index contributed by atoms with van der Waals surface area (Å²) in [5.74, 6) is 0.0544. The topological polar surface area (TPSA) is 46.5 Å². The number of methoxy groups -OCH3 is 1. The first-order valence-electron chi connectivity index (χ1n) is 4.87. The molecule has 0 aromatic carbocycles. The summed E-state index contributed by atoms with van der Waals surface area (Å²) in [6, 6.07) is 0.